The maximum Gasteiger partial charge on any atom is 0.173 e. The summed E-state index contributed by atoms with van der Waals surface area (Å²) < 4.78 is 5.17. The van der Waals surface area contributed by atoms with E-state index < -0.39 is 6.04 Å². The highest BCUT2D eigenvalue weighted by Gasteiger charge is 2.12. The first-order valence-electron chi connectivity index (χ1n) is 4.65. The van der Waals surface area contributed by atoms with E-state index in [-0.39, 0.29) is 0 Å². The lowest BCUT2D eigenvalue weighted by Crippen LogP contribution is -2.06. The third-order valence-corrected chi connectivity index (χ3v) is 2.04. The molecule has 0 aliphatic rings. The second-order valence-corrected chi connectivity index (χ2v) is 3.09. The number of hydrogen-bond donors (Lipinski definition) is 1. The number of para-hydroxylation sites is 1. The number of nitrogens with one attached hydrogen (secondary N) is 1. The first-order chi connectivity index (χ1) is 7.40. The fourth-order valence-corrected chi connectivity index (χ4v) is 1.32. The first-order valence-corrected chi connectivity index (χ1v) is 4.65. The van der Waals surface area contributed by atoms with Crippen LogP contribution in [0, 0.1) is 11.3 Å². The van der Waals surface area contributed by atoms with Crippen molar-refractivity contribution in [3.63, 3.8) is 0 Å². The Labute approximate surface area is 88.0 Å². The Morgan fingerprint density at radius 1 is 1.13 bits per heavy atom. The SMILES string of the molecule is N#C[C@H](Nc1ccccc1)c1ccco1. The lowest BCUT2D eigenvalue weighted by molar-refractivity contribution is 0.505. The fourth-order valence-electron chi connectivity index (χ4n) is 1.32. The Kier molecular flexibility index (Phi) is 2.70. The van der Waals surface area contributed by atoms with Crippen LogP contribution in [0.25, 0.3) is 0 Å². The minimum atomic E-state index is -0.442. The Bertz CT molecular complexity index is 442. The summed E-state index contributed by atoms with van der Waals surface area (Å²) in [5.74, 6) is 0.626. The van der Waals surface area contributed by atoms with Crippen molar-refractivity contribution in [2.24, 2.45) is 0 Å². The van der Waals surface area contributed by atoms with E-state index in [1.54, 1.807) is 18.4 Å². The molecule has 0 aliphatic carbocycles. The van der Waals surface area contributed by atoms with Crippen molar-refractivity contribution >= 4 is 5.69 Å². The molecular formula is C12H10N2O. The summed E-state index contributed by atoms with van der Waals surface area (Å²) in [6, 6.07) is 14.8. The number of anilines is 1. The summed E-state index contributed by atoms with van der Waals surface area (Å²) in [7, 11) is 0. The van der Waals surface area contributed by atoms with Gasteiger partial charge in [0.1, 0.15) is 5.76 Å². The van der Waals surface area contributed by atoms with Crippen LogP contribution in [0.1, 0.15) is 11.8 Å². The van der Waals surface area contributed by atoms with E-state index in [9.17, 15) is 0 Å². The summed E-state index contributed by atoms with van der Waals surface area (Å²) in [6.45, 7) is 0. The average Bonchev–Trinajstić information content (AvgIpc) is 2.81. The van der Waals surface area contributed by atoms with Gasteiger partial charge in [0, 0.05) is 5.69 Å². The molecule has 1 aromatic carbocycles. The Morgan fingerprint density at radius 2 is 1.93 bits per heavy atom. The van der Waals surface area contributed by atoms with Gasteiger partial charge in [0.25, 0.3) is 0 Å². The van der Waals surface area contributed by atoms with Crippen molar-refractivity contribution in [3.8, 4) is 6.07 Å². The zero-order valence-corrected chi connectivity index (χ0v) is 8.05. The van der Waals surface area contributed by atoms with Crippen LogP contribution in [0.4, 0.5) is 5.69 Å². The van der Waals surface area contributed by atoms with Crippen molar-refractivity contribution in [1.82, 2.24) is 0 Å². The summed E-state index contributed by atoms with van der Waals surface area (Å²) in [5.41, 5.74) is 0.903. The highest BCUT2D eigenvalue weighted by molar-refractivity contribution is 5.45. The lowest BCUT2D eigenvalue weighted by atomic mass is 10.2. The Balaban J connectivity index is 2.14. The number of nitrogens with zero attached hydrogens (tertiary/aromatic N) is 1. The molecule has 1 N–H and O–H groups in total. The van der Waals surface area contributed by atoms with Crippen LogP contribution < -0.4 is 5.32 Å². The molecule has 1 atom stereocenters. The van der Waals surface area contributed by atoms with Gasteiger partial charge in [0.2, 0.25) is 0 Å². The molecule has 0 amide bonds. The van der Waals surface area contributed by atoms with Gasteiger partial charge in [0.15, 0.2) is 6.04 Å². The van der Waals surface area contributed by atoms with Crippen molar-refractivity contribution in [2.75, 3.05) is 5.32 Å². The van der Waals surface area contributed by atoms with Crippen LogP contribution >= 0.6 is 0 Å². The van der Waals surface area contributed by atoms with Gasteiger partial charge < -0.3 is 9.73 Å². The minimum absolute atomic E-state index is 0.442. The summed E-state index contributed by atoms with van der Waals surface area (Å²) in [4.78, 5) is 0. The Hall–Kier alpha value is -2.21. The molecule has 0 fully saturated rings. The molecule has 3 nitrogen and oxygen atoms in total. The average molecular weight is 198 g/mol. The van der Waals surface area contributed by atoms with Gasteiger partial charge in [-0.3, -0.25) is 0 Å². The highest BCUT2D eigenvalue weighted by atomic mass is 16.3. The van der Waals surface area contributed by atoms with Crippen LogP contribution in [0.3, 0.4) is 0 Å². The van der Waals surface area contributed by atoms with E-state index in [2.05, 4.69) is 11.4 Å². The molecule has 0 aliphatic heterocycles. The highest BCUT2D eigenvalue weighted by Crippen LogP contribution is 2.18. The van der Waals surface area contributed by atoms with Gasteiger partial charge in [0.05, 0.1) is 12.3 Å². The van der Waals surface area contributed by atoms with E-state index in [0.29, 0.717) is 5.76 Å². The van der Waals surface area contributed by atoms with Gasteiger partial charge in [-0.25, -0.2) is 0 Å². The number of furan rings is 1. The van der Waals surface area contributed by atoms with Gasteiger partial charge >= 0.3 is 0 Å². The van der Waals surface area contributed by atoms with Gasteiger partial charge in [-0.15, -0.1) is 0 Å². The van der Waals surface area contributed by atoms with Crippen LogP contribution in [0.15, 0.2) is 53.1 Å². The largest absolute Gasteiger partial charge is 0.466 e. The zero-order chi connectivity index (χ0) is 10.5. The first kappa shape index (κ1) is 9.35. The fraction of sp³-hybridized carbons (Fsp3) is 0.0833. The molecule has 0 saturated carbocycles. The van der Waals surface area contributed by atoms with Crippen molar-refractivity contribution in [1.29, 1.82) is 5.26 Å². The maximum atomic E-state index is 8.99. The predicted molar refractivity (Wildman–Crippen MR) is 57.1 cm³/mol. The molecule has 0 radical (unpaired) electrons. The monoisotopic (exact) mass is 198 g/mol. The quantitative estimate of drug-likeness (QED) is 0.824. The van der Waals surface area contributed by atoms with Crippen LogP contribution in [-0.2, 0) is 0 Å². The molecule has 0 saturated heterocycles. The molecule has 15 heavy (non-hydrogen) atoms. The van der Waals surface area contributed by atoms with Gasteiger partial charge in [-0.2, -0.15) is 5.26 Å². The number of rotatable bonds is 3. The molecule has 74 valence electrons. The topological polar surface area (TPSA) is 49.0 Å². The summed E-state index contributed by atoms with van der Waals surface area (Å²) in [5, 5.41) is 12.1. The van der Waals surface area contributed by atoms with E-state index in [1.807, 2.05) is 30.3 Å². The normalized spacial score (nSPS) is 11.7. The molecule has 2 aromatic rings. The third kappa shape index (κ3) is 2.18. The second-order valence-electron chi connectivity index (χ2n) is 3.09. The van der Waals surface area contributed by atoms with Crippen molar-refractivity contribution < 1.29 is 4.42 Å². The smallest absolute Gasteiger partial charge is 0.173 e. The van der Waals surface area contributed by atoms with E-state index in [0.717, 1.165) is 5.69 Å². The van der Waals surface area contributed by atoms with Crippen LogP contribution in [0.5, 0.6) is 0 Å². The molecule has 0 unspecified atom stereocenters. The third-order valence-electron chi connectivity index (χ3n) is 2.04. The van der Waals surface area contributed by atoms with Crippen LogP contribution in [-0.4, -0.2) is 0 Å². The molecular weight excluding hydrogens is 188 g/mol. The van der Waals surface area contributed by atoms with Gasteiger partial charge in [-0.05, 0) is 24.3 Å². The molecule has 0 bridgehead atoms. The molecule has 3 heteroatoms. The van der Waals surface area contributed by atoms with Crippen molar-refractivity contribution in [3.05, 3.63) is 54.5 Å². The standard InChI is InChI=1S/C12H10N2O/c13-9-11(12-7-4-8-15-12)14-10-5-2-1-3-6-10/h1-8,11,14H/t11-/m0/s1. The second kappa shape index (κ2) is 4.34. The number of benzene rings is 1. The van der Waals surface area contributed by atoms with E-state index in [4.69, 9.17) is 9.68 Å². The zero-order valence-electron chi connectivity index (χ0n) is 8.05. The van der Waals surface area contributed by atoms with Crippen molar-refractivity contribution in [2.45, 2.75) is 6.04 Å². The number of nitriles is 1. The number of hydrogen-bond acceptors (Lipinski definition) is 3. The van der Waals surface area contributed by atoms with E-state index >= 15 is 0 Å². The van der Waals surface area contributed by atoms with E-state index in [1.165, 1.54) is 0 Å². The molecule has 1 aromatic heterocycles. The summed E-state index contributed by atoms with van der Waals surface area (Å²) in [6.07, 6.45) is 1.56. The molecule has 0 spiro atoms. The van der Waals surface area contributed by atoms with Gasteiger partial charge in [-0.1, -0.05) is 18.2 Å². The lowest BCUT2D eigenvalue weighted by Gasteiger charge is -2.09. The Morgan fingerprint density at radius 3 is 2.53 bits per heavy atom. The molecule has 2 rings (SSSR count). The molecule has 1 heterocycles. The maximum absolute atomic E-state index is 8.99. The van der Waals surface area contributed by atoms with Crippen LogP contribution in [0.2, 0.25) is 0 Å². The summed E-state index contributed by atoms with van der Waals surface area (Å²) >= 11 is 0. The predicted octanol–water partition coefficient (Wildman–Crippen LogP) is 2.96. The minimum Gasteiger partial charge on any atom is -0.466 e.